The van der Waals surface area contributed by atoms with Gasteiger partial charge in [-0.05, 0) is 55.6 Å². The third kappa shape index (κ3) is 4.94. The Morgan fingerprint density at radius 3 is 1.39 bits per heavy atom. The number of benzene rings is 2. The quantitative estimate of drug-likeness (QED) is 0.754. The van der Waals surface area contributed by atoms with E-state index >= 15 is 0 Å². The van der Waals surface area contributed by atoms with Crippen LogP contribution in [0.5, 0.6) is 0 Å². The fourth-order valence-corrected chi connectivity index (χ4v) is 3.16. The minimum Gasteiger partial charge on any atom is -0.317 e. The summed E-state index contributed by atoms with van der Waals surface area (Å²) in [5.74, 6) is 0. The number of hydrogen-bond donors (Lipinski definition) is 1. The Kier molecular flexibility index (Phi) is 8.05. The molecule has 1 nitrogen and oxygen atoms in total. The molecule has 0 amide bonds. The molecule has 2 rings (SSSR count). The third-order valence-electron chi connectivity index (χ3n) is 4.69. The summed E-state index contributed by atoms with van der Waals surface area (Å²) in [6.45, 7) is 15.4. The lowest BCUT2D eigenvalue weighted by atomic mass is 9.71. The van der Waals surface area contributed by atoms with Gasteiger partial charge in [-0.25, -0.2) is 0 Å². The molecule has 1 heteroatoms. The van der Waals surface area contributed by atoms with Crippen molar-refractivity contribution in [3.05, 3.63) is 70.8 Å². The lowest BCUT2D eigenvalue weighted by molar-refractivity contribution is 0.543. The van der Waals surface area contributed by atoms with Crippen LogP contribution in [0.1, 0.15) is 56.4 Å². The second kappa shape index (κ2) is 9.52. The molecule has 0 saturated carbocycles. The van der Waals surface area contributed by atoms with Crippen LogP contribution in [0.25, 0.3) is 0 Å². The van der Waals surface area contributed by atoms with Crippen LogP contribution in [-0.4, -0.2) is 13.1 Å². The molecular formula is C22H33N. The first-order valence-electron chi connectivity index (χ1n) is 8.84. The Morgan fingerprint density at radius 1 is 0.739 bits per heavy atom. The highest BCUT2D eigenvalue weighted by atomic mass is 14.8. The molecule has 0 spiro atoms. The van der Waals surface area contributed by atoms with E-state index in [1.165, 1.54) is 22.3 Å². The largest absolute Gasteiger partial charge is 0.317 e. The average Bonchev–Trinajstić information content (AvgIpc) is 2.56. The molecule has 0 radical (unpaired) electrons. The van der Waals surface area contributed by atoms with Gasteiger partial charge in [-0.3, -0.25) is 0 Å². The maximum atomic E-state index is 3.11. The summed E-state index contributed by atoms with van der Waals surface area (Å²) < 4.78 is 0. The monoisotopic (exact) mass is 311 g/mol. The number of nitrogens with one attached hydrogen (secondary N) is 1. The Balaban J connectivity index is 0.000000463. The van der Waals surface area contributed by atoms with E-state index in [9.17, 15) is 0 Å². The van der Waals surface area contributed by atoms with Gasteiger partial charge in [0.25, 0.3) is 0 Å². The molecule has 0 bridgehead atoms. The van der Waals surface area contributed by atoms with Crippen molar-refractivity contribution in [2.75, 3.05) is 13.1 Å². The van der Waals surface area contributed by atoms with Gasteiger partial charge >= 0.3 is 0 Å². The second-order valence-corrected chi connectivity index (χ2v) is 6.27. The first-order valence-corrected chi connectivity index (χ1v) is 8.84. The molecule has 0 unspecified atom stereocenters. The van der Waals surface area contributed by atoms with Gasteiger partial charge < -0.3 is 5.32 Å². The fraction of sp³-hybridized carbons (Fsp3) is 0.455. The maximum absolute atomic E-state index is 3.11. The topological polar surface area (TPSA) is 12.0 Å². The minimum atomic E-state index is 0.108. The molecule has 0 heterocycles. The van der Waals surface area contributed by atoms with Crippen molar-refractivity contribution < 1.29 is 0 Å². The molecule has 0 atom stereocenters. The zero-order valence-electron chi connectivity index (χ0n) is 15.7. The molecular weight excluding hydrogens is 278 g/mol. The van der Waals surface area contributed by atoms with Crippen molar-refractivity contribution in [2.24, 2.45) is 0 Å². The van der Waals surface area contributed by atoms with E-state index in [1.807, 2.05) is 0 Å². The lowest BCUT2D eigenvalue weighted by Gasteiger charge is -2.32. The average molecular weight is 312 g/mol. The number of hydrogen-bond acceptors (Lipinski definition) is 1. The van der Waals surface area contributed by atoms with E-state index in [0.29, 0.717) is 0 Å². The standard InChI is InChI=1S/C18H22.C4H11N/c1-5-18(4,16-12-8-6-10-14(16)2)17-13-9-7-11-15(17)3;1-3-5-4-2/h6-13H,5H2,1-4H3;5H,3-4H2,1-2H3. The molecule has 1 N–H and O–H groups in total. The molecule has 126 valence electrons. The number of rotatable bonds is 5. The number of aryl methyl sites for hydroxylation is 2. The molecule has 0 aromatic heterocycles. The van der Waals surface area contributed by atoms with Crippen molar-refractivity contribution in [1.82, 2.24) is 5.32 Å². The van der Waals surface area contributed by atoms with Crippen LogP contribution in [0.15, 0.2) is 48.5 Å². The molecule has 0 fully saturated rings. The van der Waals surface area contributed by atoms with Gasteiger partial charge in [-0.15, -0.1) is 0 Å². The molecule has 2 aromatic rings. The summed E-state index contributed by atoms with van der Waals surface area (Å²) >= 11 is 0. The Morgan fingerprint density at radius 2 is 1.13 bits per heavy atom. The van der Waals surface area contributed by atoms with Crippen molar-refractivity contribution in [2.45, 2.75) is 53.4 Å². The van der Waals surface area contributed by atoms with E-state index in [1.54, 1.807) is 0 Å². The van der Waals surface area contributed by atoms with Gasteiger partial charge in [0.2, 0.25) is 0 Å². The summed E-state index contributed by atoms with van der Waals surface area (Å²) in [5.41, 5.74) is 5.76. The predicted molar refractivity (Wildman–Crippen MR) is 103 cm³/mol. The second-order valence-electron chi connectivity index (χ2n) is 6.27. The van der Waals surface area contributed by atoms with Gasteiger partial charge in [0.15, 0.2) is 0 Å². The van der Waals surface area contributed by atoms with Crippen LogP contribution in [0.3, 0.4) is 0 Å². The molecule has 0 aliphatic heterocycles. The Labute approximate surface area is 143 Å². The molecule has 0 aliphatic carbocycles. The minimum absolute atomic E-state index is 0.108. The van der Waals surface area contributed by atoms with Crippen molar-refractivity contribution in [3.63, 3.8) is 0 Å². The molecule has 0 saturated heterocycles. The van der Waals surface area contributed by atoms with Crippen LogP contribution >= 0.6 is 0 Å². The van der Waals surface area contributed by atoms with Crippen molar-refractivity contribution in [3.8, 4) is 0 Å². The highest BCUT2D eigenvalue weighted by Crippen LogP contribution is 2.38. The van der Waals surface area contributed by atoms with Crippen LogP contribution in [0, 0.1) is 13.8 Å². The van der Waals surface area contributed by atoms with Crippen molar-refractivity contribution >= 4 is 0 Å². The summed E-state index contributed by atoms with van der Waals surface area (Å²) in [7, 11) is 0. The van der Waals surface area contributed by atoms with Crippen LogP contribution in [0.2, 0.25) is 0 Å². The molecule has 2 aromatic carbocycles. The summed E-state index contributed by atoms with van der Waals surface area (Å²) in [4.78, 5) is 0. The summed E-state index contributed by atoms with van der Waals surface area (Å²) in [6, 6.07) is 17.5. The smallest absolute Gasteiger partial charge is 0.0177 e. The Hall–Kier alpha value is -1.60. The SMILES string of the molecule is CCC(C)(c1ccccc1C)c1ccccc1C.CCNCC. The van der Waals surface area contributed by atoms with Crippen LogP contribution in [-0.2, 0) is 5.41 Å². The van der Waals surface area contributed by atoms with Crippen molar-refractivity contribution in [1.29, 1.82) is 0 Å². The zero-order valence-corrected chi connectivity index (χ0v) is 15.7. The first kappa shape index (κ1) is 19.4. The van der Waals surface area contributed by atoms with E-state index in [0.717, 1.165) is 19.5 Å². The predicted octanol–water partition coefficient (Wildman–Crippen LogP) is 5.64. The zero-order chi connectivity index (χ0) is 17.3. The highest BCUT2D eigenvalue weighted by molar-refractivity contribution is 5.45. The molecule has 23 heavy (non-hydrogen) atoms. The van der Waals surface area contributed by atoms with Gasteiger partial charge in [0, 0.05) is 5.41 Å². The highest BCUT2D eigenvalue weighted by Gasteiger charge is 2.29. The maximum Gasteiger partial charge on any atom is 0.0177 e. The van der Waals surface area contributed by atoms with E-state index in [2.05, 4.69) is 95.4 Å². The lowest BCUT2D eigenvalue weighted by Crippen LogP contribution is -2.24. The fourth-order valence-electron chi connectivity index (χ4n) is 3.16. The van der Waals surface area contributed by atoms with Gasteiger partial charge in [0.1, 0.15) is 0 Å². The van der Waals surface area contributed by atoms with E-state index in [-0.39, 0.29) is 5.41 Å². The van der Waals surface area contributed by atoms with E-state index < -0.39 is 0 Å². The van der Waals surface area contributed by atoms with Gasteiger partial charge in [-0.1, -0.05) is 76.2 Å². The third-order valence-corrected chi connectivity index (χ3v) is 4.69. The normalized spacial score (nSPS) is 10.9. The van der Waals surface area contributed by atoms with Crippen LogP contribution < -0.4 is 5.32 Å². The Bertz CT molecular complexity index is 539. The summed E-state index contributed by atoms with van der Waals surface area (Å²) in [6.07, 6.45) is 1.11. The molecule has 0 aliphatic rings. The van der Waals surface area contributed by atoms with Gasteiger partial charge in [-0.2, -0.15) is 0 Å². The first-order chi connectivity index (χ1) is 11.0. The summed E-state index contributed by atoms with van der Waals surface area (Å²) in [5, 5.41) is 3.11. The van der Waals surface area contributed by atoms with Gasteiger partial charge in [0.05, 0.1) is 0 Å². The van der Waals surface area contributed by atoms with E-state index in [4.69, 9.17) is 0 Å². The van der Waals surface area contributed by atoms with Crippen LogP contribution in [0.4, 0.5) is 0 Å².